The third-order valence-electron chi connectivity index (χ3n) is 4.40. The molecule has 1 amide bonds. The van der Waals surface area contributed by atoms with E-state index in [0.717, 1.165) is 4.31 Å². The van der Waals surface area contributed by atoms with Crippen molar-refractivity contribution in [3.8, 4) is 11.5 Å². The Morgan fingerprint density at radius 2 is 1.59 bits per heavy atom. The Morgan fingerprint density at radius 1 is 0.906 bits per heavy atom. The summed E-state index contributed by atoms with van der Waals surface area (Å²) in [5.41, 5.74) is 1.80. The van der Waals surface area contributed by atoms with E-state index in [4.69, 9.17) is 9.47 Å². The molecule has 0 aliphatic rings. The van der Waals surface area contributed by atoms with Crippen molar-refractivity contribution < 1.29 is 22.7 Å². The van der Waals surface area contributed by atoms with Gasteiger partial charge in [-0.1, -0.05) is 0 Å². The van der Waals surface area contributed by atoms with Gasteiger partial charge in [-0.2, -0.15) is 0 Å². The average Bonchev–Trinajstić information content (AvgIpc) is 2.75. The fourth-order valence-electron chi connectivity index (χ4n) is 2.90. The van der Waals surface area contributed by atoms with Crippen molar-refractivity contribution in [2.75, 3.05) is 56.3 Å². The lowest BCUT2D eigenvalue weighted by molar-refractivity contribution is -0.114. The van der Waals surface area contributed by atoms with Crippen molar-refractivity contribution in [3.05, 3.63) is 36.4 Å². The molecule has 0 unspecified atom stereocenters. The van der Waals surface area contributed by atoms with Crippen molar-refractivity contribution in [2.45, 2.75) is 25.7 Å². The summed E-state index contributed by atoms with van der Waals surface area (Å²) in [7, 11) is -0.651. The molecule has 0 fully saturated rings. The summed E-state index contributed by atoms with van der Waals surface area (Å²) in [5, 5.41) is 9.00. The Kier molecular flexibility index (Phi) is 9.15. The van der Waals surface area contributed by atoms with Gasteiger partial charge in [0.1, 0.15) is 0 Å². The Bertz CT molecular complexity index is 1020. The van der Waals surface area contributed by atoms with E-state index >= 15 is 0 Å². The van der Waals surface area contributed by atoms with E-state index in [1.807, 2.05) is 20.8 Å². The topological polar surface area (TPSA) is 109 Å². The summed E-state index contributed by atoms with van der Waals surface area (Å²) in [4.78, 5) is 12.7. The van der Waals surface area contributed by atoms with Gasteiger partial charge in [-0.3, -0.25) is 4.79 Å². The summed E-state index contributed by atoms with van der Waals surface area (Å²) in [6.45, 7) is 7.26. The van der Waals surface area contributed by atoms with Gasteiger partial charge in [0, 0.05) is 32.4 Å². The molecule has 176 valence electrons. The van der Waals surface area contributed by atoms with Gasteiger partial charge in [0.05, 0.1) is 36.0 Å². The van der Waals surface area contributed by atoms with Crippen LogP contribution in [0.15, 0.2) is 41.3 Å². The number of anilines is 3. The molecule has 2 rings (SSSR count). The molecule has 0 atom stereocenters. The molecule has 0 heterocycles. The van der Waals surface area contributed by atoms with Crippen LogP contribution in [-0.2, 0) is 14.8 Å². The maximum atomic E-state index is 12.5. The lowest BCUT2D eigenvalue weighted by atomic mass is 10.2. The SMILES string of the molecule is CCNc1ccc(S(=O)(=O)N(C)C)cc1NCC(=O)Nc1ccc(OCC)c(OCC)c1. The number of ether oxygens (including phenoxy) is 2. The van der Waals surface area contributed by atoms with Gasteiger partial charge in [0.2, 0.25) is 15.9 Å². The van der Waals surface area contributed by atoms with Gasteiger partial charge >= 0.3 is 0 Å². The number of hydrogen-bond acceptors (Lipinski definition) is 7. The number of rotatable bonds is 12. The number of carbonyl (C=O) groups excluding carboxylic acids is 1. The summed E-state index contributed by atoms with van der Waals surface area (Å²) < 4.78 is 37.2. The number of hydrogen-bond donors (Lipinski definition) is 3. The monoisotopic (exact) mass is 464 g/mol. The van der Waals surface area contributed by atoms with Gasteiger partial charge in [-0.05, 0) is 51.1 Å². The highest BCUT2D eigenvalue weighted by Crippen LogP contribution is 2.31. The van der Waals surface area contributed by atoms with Crippen LogP contribution in [0.5, 0.6) is 11.5 Å². The molecule has 3 N–H and O–H groups in total. The largest absolute Gasteiger partial charge is 0.490 e. The molecular weight excluding hydrogens is 432 g/mol. The molecular formula is C22H32N4O5S. The quantitative estimate of drug-likeness (QED) is 0.442. The van der Waals surface area contributed by atoms with Crippen molar-refractivity contribution in [3.63, 3.8) is 0 Å². The van der Waals surface area contributed by atoms with E-state index in [-0.39, 0.29) is 17.3 Å². The molecule has 10 heteroatoms. The molecule has 0 aromatic heterocycles. The van der Waals surface area contributed by atoms with E-state index in [9.17, 15) is 13.2 Å². The molecule has 0 saturated carbocycles. The Morgan fingerprint density at radius 3 is 2.22 bits per heavy atom. The Labute approximate surface area is 190 Å². The van der Waals surface area contributed by atoms with Gasteiger partial charge in [-0.25, -0.2) is 12.7 Å². The molecule has 9 nitrogen and oxygen atoms in total. The smallest absolute Gasteiger partial charge is 0.243 e. The number of nitrogens with zero attached hydrogens (tertiary/aromatic N) is 1. The minimum atomic E-state index is -3.60. The van der Waals surface area contributed by atoms with Gasteiger partial charge in [-0.15, -0.1) is 0 Å². The minimum Gasteiger partial charge on any atom is -0.490 e. The number of carbonyl (C=O) groups is 1. The lowest BCUT2D eigenvalue weighted by Crippen LogP contribution is -2.24. The molecule has 0 bridgehead atoms. The predicted molar refractivity (Wildman–Crippen MR) is 127 cm³/mol. The number of sulfonamides is 1. The van der Waals surface area contributed by atoms with E-state index in [1.165, 1.54) is 26.2 Å². The Balaban J connectivity index is 2.15. The zero-order valence-corrected chi connectivity index (χ0v) is 20.0. The zero-order valence-electron chi connectivity index (χ0n) is 19.2. The number of benzene rings is 2. The van der Waals surface area contributed by atoms with E-state index < -0.39 is 10.0 Å². The number of amides is 1. The molecule has 2 aromatic carbocycles. The summed E-state index contributed by atoms with van der Waals surface area (Å²) in [6, 6.07) is 9.93. The minimum absolute atomic E-state index is 0.0545. The van der Waals surface area contributed by atoms with Crippen LogP contribution in [0.2, 0.25) is 0 Å². The first kappa shape index (κ1) is 25.3. The molecule has 0 spiro atoms. The summed E-state index contributed by atoms with van der Waals surface area (Å²) >= 11 is 0. The van der Waals surface area contributed by atoms with Crippen LogP contribution in [0, 0.1) is 0 Å². The second-order valence-corrected chi connectivity index (χ2v) is 9.11. The van der Waals surface area contributed by atoms with Gasteiger partial charge in [0.25, 0.3) is 0 Å². The molecule has 0 aliphatic heterocycles. The first-order valence-corrected chi connectivity index (χ1v) is 11.9. The Hall–Kier alpha value is -2.98. The summed E-state index contributed by atoms with van der Waals surface area (Å²) in [5.74, 6) is 0.871. The fourth-order valence-corrected chi connectivity index (χ4v) is 3.82. The van der Waals surface area contributed by atoms with E-state index in [2.05, 4.69) is 16.0 Å². The highest BCUT2D eigenvalue weighted by Gasteiger charge is 2.19. The third kappa shape index (κ3) is 6.51. The lowest BCUT2D eigenvalue weighted by Gasteiger charge is -2.17. The first-order valence-electron chi connectivity index (χ1n) is 10.5. The second kappa shape index (κ2) is 11.6. The van der Waals surface area contributed by atoms with Crippen molar-refractivity contribution in [2.24, 2.45) is 0 Å². The molecule has 2 aromatic rings. The first-order chi connectivity index (χ1) is 15.2. The predicted octanol–water partition coefficient (Wildman–Crippen LogP) is 3.22. The van der Waals surface area contributed by atoms with Crippen LogP contribution in [0.25, 0.3) is 0 Å². The van der Waals surface area contributed by atoms with E-state index in [1.54, 1.807) is 24.3 Å². The number of nitrogens with one attached hydrogen (secondary N) is 3. The van der Waals surface area contributed by atoms with Crippen LogP contribution in [-0.4, -0.2) is 59.0 Å². The van der Waals surface area contributed by atoms with Crippen LogP contribution in [0.1, 0.15) is 20.8 Å². The molecule has 32 heavy (non-hydrogen) atoms. The molecule has 0 saturated heterocycles. The van der Waals surface area contributed by atoms with Crippen LogP contribution >= 0.6 is 0 Å². The highest BCUT2D eigenvalue weighted by molar-refractivity contribution is 7.89. The van der Waals surface area contributed by atoms with Crippen LogP contribution in [0.4, 0.5) is 17.1 Å². The normalized spacial score (nSPS) is 11.2. The molecule has 0 aliphatic carbocycles. The maximum Gasteiger partial charge on any atom is 0.243 e. The van der Waals surface area contributed by atoms with Crippen LogP contribution in [0.3, 0.4) is 0 Å². The maximum absolute atomic E-state index is 12.5. The van der Waals surface area contributed by atoms with Gasteiger partial charge < -0.3 is 25.4 Å². The van der Waals surface area contributed by atoms with E-state index in [0.29, 0.717) is 48.3 Å². The third-order valence-corrected chi connectivity index (χ3v) is 6.21. The summed E-state index contributed by atoms with van der Waals surface area (Å²) in [6.07, 6.45) is 0. The van der Waals surface area contributed by atoms with Gasteiger partial charge in [0.15, 0.2) is 11.5 Å². The second-order valence-electron chi connectivity index (χ2n) is 6.95. The standard InChI is InChI=1S/C22H32N4O5S/c1-6-23-18-11-10-17(32(28,29)26(4)5)14-19(18)24-15-22(27)25-16-9-12-20(30-7-2)21(13-16)31-8-3/h9-14,23-24H,6-8,15H2,1-5H3,(H,25,27). The van der Waals surface area contributed by atoms with Crippen molar-refractivity contribution >= 4 is 33.0 Å². The zero-order chi connectivity index (χ0) is 23.7. The fraction of sp³-hybridized carbons (Fsp3) is 0.409. The average molecular weight is 465 g/mol. The van der Waals surface area contributed by atoms with Crippen molar-refractivity contribution in [1.29, 1.82) is 0 Å². The van der Waals surface area contributed by atoms with Crippen LogP contribution < -0.4 is 25.4 Å². The van der Waals surface area contributed by atoms with Crippen molar-refractivity contribution in [1.82, 2.24) is 4.31 Å². The highest BCUT2D eigenvalue weighted by atomic mass is 32.2. The molecule has 0 radical (unpaired) electrons.